The lowest BCUT2D eigenvalue weighted by Gasteiger charge is -2.15. The molecule has 1 aromatic carbocycles. The molecule has 180 valence electrons. The second-order valence-corrected chi connectivity index (χ2v) is 11.0. The number of aryl methyl sites for hydroxylation is 3. The van der Waals surface area contributed by atoms with Gasteiger partial charge >= 0.3 is 0 Å². The third-order valence-electron chi connectivity index (χ3n) is 6.79. The summed E-state index contributed by atoms with van der Waals surface area (Å²) in [5, 5.41) is 5.78. The minimum Gasteiger partial charge on any atom is -0.365 e. The fourth-order valence-electron chi connectivity index (χ4n) is 4.60. The van der Waals surface area contributed by atoms with Gasteiger partial charge in [0.25, 0.3) is 11.5 Å². The van der Waals surface area contributed by atoms with Gasteiger partial charge in [0.2, 0.25) is 5.91 Å². The van der Waals surface area contributed by atoms with E-state index in [1.165, 1.54) is 39.1 Å². The molecule has 9 heteroatoms. The van der Waals surface area contributed by atoms with Crippen LogP contribution < -0.4 is 16.6 Å². The van der Waals surface area contributed by atoms with Crippen molar-refractivity contribution in [3.63, 3.8) is 0 Å². The van der Waals surface area contributed by atoms with Gasteiger partial charge in [0, 0.05) is 15.8 Å². The summed E-state index contributed by atoms with van der Waals surface area (Å²) in [7, 11) is 0. The molecule has 4 aromatic rings. The van der Waals surface area contributed by atoms with Gasteiger partial charge in [0.05, 0.1) is 17.3 Å². The number of thiophene rings is 2. The Morgan fingerprint density at radius 2 is 1.94 bits per heavy atom. The molecular weight excluding hydrogens is 480 g/mol. The van der Waals surface area contributed by atoms with Gasteiger partial charge in [0.1, 0.15) is 15.9 Å². The van der Waals surface area contributed by atoms with E-state index in [1.54, 1.807) is 6.92 Å². The maximum absolute atomic E-state index is 13.5. The van der Waals surface area contributed by atoms with E-state index in [4.69, 9.17) is 5.73 Å². The van der Waals surface area contributed by atoms with E-state index in [9.17, 15) is 14.4 Å². The largest absolute Gasteiger partial charge is 0.365 e. The number of anilines is 1. The summed E-state index contributed by atoms with van der Waals surface area (Å²) < 4.78 is 1.35. The molecule has 5 rings (SSSR count). The van der Waals surface area contributed by atoms with Crippen LogP contribution in [0.4, 0.5) is 5.00 Å². The van der Waals surface area contributed by atoms with Gasteiger partial charge < -0.3 is 11.1 Å². The van der Waals surface area contributed by atoms with Crippen molar-refractivity contribution in [3.8, 4) is 11.1 Å². The van der Waals surface area contributed by atoms with Gasteiger partial charge in [-0.15, -0.1) is 22.7 Å². The standard InChI is InChI=1S/C26H26N4O3S2/c1-13-8-9-16(10-14(13)2)18-11-34-24-21(18)26(33)30(12-28-24)15(3)23(32)29-25-20(22(27)31)17-6-4-5-7-19(17)35-25/h8-12,15H,4-7H2,1-3H3,(H2,27,31)(H,29,32). The van der Waals surface area contributed by atoms with E-state index in [1.807, 2.05) is 31.4 Å². The van der Waals surface area contributed by atoms with Gasteiger partial charge in [0.15, 0.2) is 0 Å². The highest BCUT2D eigenvalue weighted by Gasteiger charge is 2.27. The number of carbonyl (C=O) groups is 2. The minimum absolute atomic E-state index is 0.271. The maximum Gasteiger partial charge on any atom is 0.263 e. The summed E-state index contributed by atoms with van der Waals surface area (Å²) in [6.45, 7) is 5.75. The molecule has 0 spiro atoms. The molecule has 35 heavy (non-hydrogen) atoms. The smallest absolute Gasteiger partial charge is 0.263 e. The van der Waals surface area contributed by atoms with Crippen LogP contribution in [-0.2, 0) is 17.6 Å². The number of primary amides is 1. The molecule has 1 aliphatic rings. The first-order chi connectivity index (χ1) is 16.8. The summed E-state index contributed by atoms with van der Waals surface area (Å²) in [4.78, 5) is 45.1. The average Bonchev–Trinajstić information content (AvgIpc) is 3.42. The number of hydrogen-bond donors (Lipinski definition) is 2. The number of nitrogens with two attached hydrogens (primary N) is 1. The number of fused-ring (bicyclic) bond motifs is 2. The maximum atomic E-state index is 13.5. The van der Waals surface area contributed by atoms with Crippen LogP contribution in [0.2, 0.25) is 0 Å². The second-order valence-electron chi connectivity index (χ2n) is 9.03. The zero-order valence-corrected chi connectivity index (χ0v) is 21.4. The van der Waals surface area contributed by atoms with Crippen molar-refractivity contribution in [1.82, 2.24) is 9.55 Å². The Bertz CT molecular complexity index is 1550. The molecule has 7 nitrogen and oxygen atoms in total. The Morgan fingerprint density at radius 1 is 1.17 bits per heavy atom. The van der Waals surface area contributed by atoms with Crippen LogP contribution in [-0.4, -0.2) is 21.4 Å². The van der Waals surface area contributed by atoms with Crippen LogP contribution in [0.3, 0.4) is 0 Å². The first-order valence-electron chi connectivity index (χ1n) is 11.6. The Kier molecular flexibility index (Phi) is 6.06. The van der Waals surface area contributed by atoms with Crippen molar-refractivity contribution in [3.05, 3.63) is 67.4 Å². The van der Waals surface area contributed by atoms with E-state index in [0.29, 0.717) is 20.8 Å². The average molecular weight is 507 g/mol. The fourth-order valence-corrected chi connectivity index (χ4v) is 6.80. The number of aromatic nitrogens is 2. The molecule has 0 radical (unpaired) electrons. The highest BCUT2D eigenvalue weighted by Crippen LogP contribution is 2.38. The number of benzene rings is 1. The predicted octanol–water partition coefficient (Wildman–Crippen LogP) is 4.98. The van der Waals surface area contributed by atoms with Crippen molar-refractivity contribution in [1.29, 1.82) is 0 Å². The summed E-state index contributed by atoms with van der Waals surface area (Å²) in [5.74, 6) is -0.929. The molecule has 3 heterocycles. The van der Waals surface area contributed by atoms with Crippen LogP contribution in [0.1, 0.15) is 57.7 Å². The number of carbonyl (C=O) groups excluding carboxylic acids is 2. The third-order valence-corrected chi connectivity index (χ3v) is 8.88. The van der Waals surface area contributed by atoms with Gasteiger partial charge in [-0.2, -0.15) is 0 Å². The van der Waals surface area contributed by atoms with Crippen LogP contribution in [0, 0.1) is 13.8 Å². The lowest BCUT2D eigenvalue weighted by atomic mass is 9.95. The van der Waals surface area contributed by atoms with Gasteiger partial charge in [-0.1, -0.05) is 18.2 Å². The molecule has 3 aromatic heterocycles. The molecule has 2 amide bonds. The number of nitrogens with zero attached hydrogens (tertiary/aromatic N) is 2. The number of rotatable bonds is 5. The summed E-state index contributed by atoms with van der Waals surface area (Å²) in [5.41, 5.74) is 10.8. The van der Waals surface area contributed by atoms with Crippen molar-refractivity contribution in [2.75, 3.05) is 5.32 Å². The molecule has 1 atom stereocenters. The van der Waals surface area contributed by atoms with Crippen LogP contribution >= 0.6 is 22.7 Å². The molecular formula is C26H26N4O3S2. The molecule has 1 unspecified atom stereocenters. The lowest BCUT2D eigenvalue weighted by molar-refractivity contribution is -0.118. The zero-order chi connectivity index (χ0) is 24.9. The fraction of sp³-hybridized carbons (Fsp3) is 0.308. The molecule has 0 fully saturated rings. The molecule has 0 saturated heterocycles. The Morgan fingerprint density at radius 3 is 2.69 bits per heavy atom. The number of hydrogen-bond acceptors (Lipinski definition) is 6. The zero-order valence-electron chi connectivity index (χ0n) is 19.8. The minimum atomic E-state index is -0.827. The monoisotopic (exact) mass is 506 g/mol. The quantitative estimate of drug-likeness (QED) is 0.398. The van der Waals surface area contributed by atoms with Gasteiger partial charge in [-0.3, -0.25) is 19.0 Å². The van der Waals surface area contributed by atoms with Crippen molar-refractivity contribution < 1.29 is 9.59 Å². The summed E-state index contributed by atoms with van der Waals surface area (Å²) >= 11 is 2.82. The first-order valence-corrected chi connectivity index (χ1v) is 13.3. The number of nitrogens with one attached hydrogen (secondary N) is 1. The van der Waals surface area contributed by atoms with E-state index in [-0.39, 0.29) is 5.56 Å². The van der Waals surface area contributed by atoms with Crippen LogP contribution in [0.25, 0.3) is 21.3 Å². The first kappa shape index (κ1) is 23.4. The molecule has 3 N–H and O–H groups in total. The molecule has 0 saturated carbocycles. The van der Waals surface area contributed by atoms with Crippen LogP contribution in [0.5, 0.6) is 0 Å². The summed E-state index contributed by atoms with van der Waals surface area (Å²) in [6, 6.07) is 5.27. The third kappa shape index (κ3) is 4.08. The van der Waals surface area contributed by atoms with E-state index in [2.05, 4.69) is 16.4 Å². The van der Waals surface area contributed by atoms with E-state index >= 15 is 0 Å². The lowest BCUT2D eigenvalue weighted by Crippen LogP contribution is -2.32. The Balaban J connectivity index is 1.50. The van der Waals surface area contributed by atoms with Crippen molar-refractivity contribution in [2.45, 2.75) is 52.5 Å². The highest BCUT2D eigenvalue weighted by atomic mass is 32.1. The van der Waals surface area contributed by atoms with Gasteiger partial charge in [-0.05, 0) is 68.7 Å². The SMILES string of the molecule is Cc1ccc(-c2csc3ncn(C(C)C(=O)Nc4sc5c(c4C(N)=O)CCCC5)c(=O)c23)cc1C. The number of amides is 2. The Hall–Kier alpha value is -3.30. The van der Waals surface area contributed by atoms with E-state index < -0.39 is 17.9 Å². The topological polar surface area (TPSA) is 107 Å². The van der Waals surface area contributed by atoms with Crippen LogP contribution in [0.15, 0.2) is 34.7 Å². The molecule has 0 aliphatic heterocycles. The van der Waals surface area contributed by atoms with Crippen molar-refractivity contribution in [2.24, 2.45) is 5.73 Å². The molecule has 0 bridgehead atoms. The normalized spacial score (nSPS) is 14.0. The molecule has 1 aliphatic carbocycles. The summed E-state index contributed by atoms with van der Waals surface area (Å²) in [6.07, 6.45) is 5.14. The Labute approximate surface area is 210 Å². The van der Waals surface area contributed by atoms with E-state index in [0.717, 1.165) is 52.8 Å². The van der Waals surface area contributed by atoms with Crippen molar-refractivity contribution >= 4 is 49.7 Å². The second kappa shape index (κ2) is 9.05. The van der Waals surface area contributed by atoms with Gasteiger partial charge in [-0.25, -0.2) is 4.98 Å². The predicted molar refractivity (Wildman–Crippen MR) is 142 cm³/mol. The highest BCUT2D eigenvalue weighted by molar-refractivity contribution is 7.17.